The van der Waals surface area contributed by atoms with Gasteiger partial charge in [0.15, 0.2) is 0 Å². The largest absolute Gasteiger partial charge is 0.395 e. The summed E-state index contributed by atoms with van der Waals surface area (Å²) in [5, 5.41) is 9.62. The lowest BCUT2D eigenvalue weighted by atomic mass is 10.4. The van der Waals surface area contributed by atoms with Crippen LogP contribution in [0.25, 0.3) is 0 Å². The molecule has 0 radical (unpaired) electrons. The maximum Gasteiger partial charge on any atom is 0.233 e. The van der Waals surface area contributed by atoms with Crippen molar-refractivity contribution in [3.63, 3.8) is 0 Å². The molecule has 0 spiro atoms. The van der Waals surface area contributed by atoms with Gasteiger partial charge in [-0.25, -0.2) is 0 Å². The van der Waals surface area contributed by atoms with Gasteiger partial charge in [-0.3, -0.25) is 4.79 Å². The van der Waals surface area contributed by atoms with E-state index in [1.165, 1.54) is 11.8 Å². The Labute approximate surface area is 122 Å². The van der Waals surface area contributed by atoms with Crippen molar-refractivity contribution in [1.82, 2.24) is 4.90 Å². The Hall–Kier alpha value is -0.750. The summed E-state index contributed by atoms with van der Waals surface area (Å²) in [6.07, 6.45) is 0. The van der Waals surface area contributed by atoms with Crippen molar-refractivity contribution >= 4 is 29.3 Å². The first-order chi connectivity index (χ1) is 9.17. The summed E-state index contributed by atoms with van der Waals surface area (Å²) in [6, 6.07) is 7.35. The highest BCUT2D eigenvalue weighted by Crippen LogP contribution is 2.20. The molecule has 4 nitrogen and oxygen atoms in total. The quantitative estimate of drug-likeness (QED) is 0.745. The van der Waals surface area contributed by atoms with Gasteiger partial charge in [-0.05, 0) is 24.3 Å². The maximum atomic E-state index is 12.0. The van der Waals surface area contributed by atoms with Crippen LogP contribution in [0.5, 0.6) is 0 Å². The highest BCUT2D eigenvalue weighted by atomic mass is 35.5. The molecule has 0 heterocycles. The molecule has 6 heteroatoms. The Morgan fingerprint density at radius 2 is 2.05 bits per heavy atom. The summed E-state index contributed by atoms with van der Waals surface area (Å²) >= 11 is 7.25. The first kappa shape index (κ1) is 16.3. The number of aliphatic hydroxyl groups excluding tert-OH is 1. The molecule has 0 aromatic heterocycles. The van der Waals surface area contributed by atoms with E-state index in [2.05, 4.69) is 0 Å². The first-order valence-electron chi connectivity index (χ1n) is 5.93. The molecule has 0 atom stereocenters. The molecular weight excluding hydrogens is 286 g/mol. The Bertz CT molecular complexity index is 386. The minimum atomic E-state index is -0.0406. The number of hydrogen-bond donors (Lipinski definition) is 1. The van der Waals surface area contributed by atoms with Crippen molar-refractivity contribution in [1.29, 1.82) is 0 Å². The zero-order valence-electron chi connectivity index (χ0n) is 10.8. The van der Waals surface area contributed by atoms with E-state index in [1.807, 2.05) is 12.1 Å². The monoisotopic (exact) mass is 303 g/mol. The van der Waals surface area contributed by atoms with Crippen LogP contribution in [0.3, 0.4) is 0 Å². The molecule has 0 saturated heterocycles. The number of methoxy groups -OCH3 is 1. The van der Waals surface area contributed by atoms with Crippen LogP contribution in [0.2, 0.25) is 5.02 Å². The number of aliphatic hydroxyl groups is 1. The fraction of sp³-hybridized carbons (Fsp3) is 0.462. The third-order valence-electron chi connectivity index (χ3n) is 2.46. The summed E-state index contributed by atoms with van der Waals surface area (Å²) in [7, 11) is 1.59. The second-order valence-electron chi connectivity index (χ2n) is 3.84. The molecule has 106 valence electrons. The molecule has 1 aromatic rings. The predicted octanol–water partition coefficient (Wildman–Crippen LogP) is 1.90. The highest BCUT2D eigenvalue weighted by molar-refractivity contribution is 8.00. The van der Waals surface area contributed by atoms with Crippen molar-refractivity contribution in [3.05, 3.63) is 29.3 Å². The Balaban J connectivity index is 2.44. The number of rotatable bonds is 8. The third-order valence-corrected chi connectivity index (χ3v) is 3.71. The summed E-state index contributed by atoms with van der Waals surface area (Å²) in [5.74, 6) is 0.330. The molecule has 1 N–H and O–H groups in total. The molecule has 0 saturated carbocycles. The number of hydrogen-bond acceptors (Lipinski definition) is 4. The van der Waals surface area contributed by atoms with Crippen molar-refractivity contribution in [2.75, 3.05) is 39.2 Å². The van der Waals surface area contributed by atoms with Crippen LogP contribution in [0, 0.1) is 0 Å². The van der Waals surface area contributed by atoms with Gasteiger partial charge < -0.3 is 14.7 Å². The molecular formula is C13H18ClNO3S. The number of amides is 1. The van der Waals surface area contributed by atoms with E-state index in [0.717, 1.165) is 4.90 Å². The molecule has 0 unspecified atom stereocenters. The number of thioether (sulfide) groups is 1. The summed E-state index contributed by atoms with van der Waals surface area (Å²) in [5.41, 5.74) is 0. The predicted molar refractivity (Wildman–Crippen MR) is 77.7 cm³/mol. The van der Waals surface area contributed by atoms with Gasteiger partial charge in [-0.2, -0.15) is 0 Å². The Morgan fingerprint density at radius 1 is 1.37 bits per heavy atom. The SMILES string of the molecule is COCCN(CCO)C(=O)CSc1ccc(Cl)cc1. The van der Waals surface area contributed by atoms with Crippen LogP contribution in [-0.4, -0.2) is 55.1 Å². The molecule has 0 aliphatic rings. The molecule has 0 bridgehead atoms. The number of nitrogens with zero attached hydrogens (tertiary/aromatic N) is 1. The second-order valence-corrected chi connectivity index (χ2v) is 5.32. The summed E-state index contributed by atoms with van der Waals surface area (Å²) < 4.78 is 4.95. The van der Waals surface area contributed by atoms with Crippen molar-refractivity contribution in [3.8, 4) is 0 Å². The van der Waals surface area contributed by atoms with E-state index >= 15 is 0 Å². The van der Waals surface area contributed by atoms with E-state index in [1.54, 1.807) is 24.1 Å². The molecule has 1 rings (SSSR count). The molecule has 0 aliphatic carbocycles. The molecule has 1 aromatic carbocycles. The van der Waals surface area contributed by atoms with Crippen molar-refractivity contribution in [2.45, 2.75) is 4.90 Å². The molecule has 0 aliphatic heterocycles. The van der Waals surface area contributed by atoms with E-state index in [0.29, 0.717) is 30.5 Å². The Morgan fingerprint density at radius 3 is 2.63 bits per heavy atom. The number of carbonyl (C=O) groups is 1. The van der Waals surface area contributed by atoms with Gasteiger partial charge >= 0.3 is 0 Å². The van der Waals surface area contributed by atoms with Crippen LogP contribution in [-0.2, 0) is 9.53 Å². The number of carbonyl (C=O) groups excluding carboxylic acids is 1. The topological polar surface area (TPSA) is 49.8 Å². The van der Waals surface area contributed by atoms with Gasteiger partial charge in [0.1, 0.15) is 0 Å². The normalized spacial score (nSPS) is 10.5. The number of ether oxygens (including phenoxy) is 1. The van der Waals surface area contributed by atoms with Gasteiger partial charge in [-0.15, -0.1) is 11.8 Å². The third kappa shape index (κ3) is 6.29. The lowest BCUT2D eigenvalue weighted by Gasteiger charge is -2.21. The zero-order valence-corrected chi connectivity index (χ0v) is 12.4. The van der Waals surface area contributed by atoms with Gasteiger partial charge in [0.25, 0.3) is 0 Å². The van der Waals surface area contributed by atoms with Crippen molar-refractivity contribution in [2.24, 2.45) is 0 Å². The molecule has 0 fully saturated rings. The second kappa shape index (κ2) is 9.20. The van der Waals surface area contributed by atoms with Crippen LogP contribution < -0.4 is 0 Å². The van der Waals surface area contributed by atoms with Crippen LogP contribution in [0.1, 0.15) is 0 Å². The van der Waals surface area contributed by atoms with Crippen LogP contribution >= 0.6 is 23.4 Å². The fourth-order valence-electron chi connectivity index (χ4n) is 1.45. The highest BCUT2D eigenvalue weighted by Gasteiger charge is 2.12. The Kier molecular flexibility index (Phi) is 7.90. The number of halogens is 1. The minimum Gasteiger partial charge on any atom is -0.395 e. The average molecular weight is 304 g/mol. The van der Waals surface area contributed by atoms with E-state index in [-0.39, 0.29) is 12.5 Å². The van der Waals surface area contributed by atoms with Gasteiger partial charge in [0, 0.05) is 30.1 Å². The van der Waals surface area contributed by atoms with E-state index in [4.69, 9.17) is 21.4 Å². The van der Waals surface area contributed by atoms with E-state index < -0.39 is 0 Å². The standard InChI is InChI=1S/C13H18ClNO3S/c1-18-9-7-15(6-8-16)13(17)10-19-12-4-2-11(14)3-5-12/h2-5,16H,6-10H2,1H3. The maximum absolute atomic E-state index is 12.0. The van der Waals surface area contributed by atoms with Crippen molar-refractivity contribution < 1.29 is 14.6 Å². The minimum absolute atomic E-state index is 0.00829. The summed E-state index contributed by atoms with van der Waals surface area (Å²) in [4.78, 5) is 14.6. The van der Waals surface area contributed by atoms with Gasteiger partial charge in [-0.1, -0.05) is 11.6 Å². The number of benzene rings is 1. The molecule has 1 amide bonds. The van der Waals surface area contributed by atoms with Gasteiger partial charge in [0.2, 0.25) is 5.91 Å². The van der Waals surface area contributed by atoms with Gasteiger partial charge in [0.05, 0.1) is 19.0 Å². The molecule has 19 heavy (non-hydrogen) atoms. The van der Waals surface area contributed by atoms with E-state index in [9.17, 15) is 4.79 Å². The first-order valence-corrected chi connectivity index (χ1v) is 7.29. The lowest BCUT2D eigenvalue weighted by Crippen LogP contribution is -2.37. The lowest BCUT2D eigenvalue weighted by molar-refractivity contribution is -0.129. The average Bonchev–Trinajstić information content (AvgIpc) is 2.42. The summed E-state index contributed by atoms with van der Waals surface area (Å²) in [6.45, 7) is 1.26. The van der Waals surface area contributed by atoms with Crippen LogP contribution in [0.4, 0.5) is 0 Å². The zero-order chi connectivity index (χ0) is 14.1. The smallest absolute Gasteiger partial charge is 0.233 e. The fourth-order valence-corrected chi connectivity index (χ4v) is 2.38. The van der Waals surface area contributed by atoms with Crippen LogP contribution in [0.15, 0.2) is 29.2 Å².